The summed E-state index contributed by atoms with van der Waals surface area (Å²) < 4.78 is 24.8. The lowest BCUT2D eigenvalue weighted by Gasteiger charge is -2.25. The predicted molar refractivity (Wildman–Crippen MR) is 84.6 cm³/mol. The minimum atomic E-state index is -3.24. The Morgan fingerprint density at radius 1 is 0.950 bits per heavy atom. The molecule has 0 aliphatic carbocycles. The van der Waals surface area contributed by atoms with Crippen LogP contribution in [0.5, 0.6) is 0 Å². The topological polar surface area (TPSA) is 35.5 Å². The van der Waals surface area contributed by atoms with Gasteiger partial charge in [-0.25, -0.2) is 0 Å². The summed E-state index contributed by atoms with van der Waals surface area (Å²) in [5.74, 6) is 0. The number of hydrogen-bond donors (Lipinski definition) is 0. The van der Waals surface area contributed by atoms with E-state index in [1.54, 1.807) is 0 Å². The molecular formula is C16H27O3P. The van der Waals surface area contributed by atoms with Crippen LogP contribution in [0.25, 0.3) is 0 Å². The van der Waals surface area contributed by atoms with Crippen molar-refractivity contribution in [1.29, 1.82) is 0 Å². The average Bonchev–Trinajstić information content (AvgIpc) is 2.40. The smallest absolute Gasteiger partial charge is 0.302 e. The Hall–Kier alpha value is -0.630. The van der Waals surface area contributed by atoms with Crippen molar-refractivity contribution in [2.24, 2.45) is 0 Å². The van der Waals surface area contributed by atoms with Crippen molar-refractivity contribution < 1.29 is 13.6 Å². The number of rotatable bonds is 9. The van der Waals surface area contributed by atoms with E-state index < -0.39 is 7.60 Å². The summed E-state index contributed by atoms with van der Waals surface area (Å²) in [6.07, 6.45) is 3.62. The van der Waals surface area contributed by atoms with Crippen molar-refractivity contribution in [1.82, 2.24) is 0 Å². The maximum absolute atomic E-state index is 13.1. The van der Waals surface area contributed by atoms with E-state index in [4.69, 9.17) is 9.05 Å². The third-order valence-electron chi connectivity index (χ3n) is 3.10. The van der Waals surface area contributed by atoms with E-state index in [-0.39, 0.29) is 12.2 Å². The van der Waals surface area contributed by atoms with E-state index in [0.717, 1.165) is 25.7 Å². The molecule has 0 spiro atoms. The number of hydrogen-bond acceptors (Lipinski definition) is 3. The van der Waals surface area contributed by atoms with Crippen LogP contribution in [-0.2, 0) is 13.6 Å². The largest absolute Gasteiger partial charge is 0.361 e. The summed E-state index contributed by atoms with van der Waals surface area (Å²) in [6, 6.07) is 9.27. The van der Waals surface area contributed by atoms with Gasteiger partial charge in [-0.1, -0.05) is 44.9 Å². The van der Waals surface area contributed by atoms with Crippen LogP contribution in [0.4, 0.5) is 0 Å². The van der Waals surface area contributed by atoms with Gasteiger partial charge in [-0.15, -0.1) is 0 Å². The monoisotopic (exact) mass is 298 g/mol. The quantitative estimate of drug-likeness (QED) is 0.607. The fourth-order valence-corrected chi connectivity index (χ4v) is 4.14. The van der Waals surface area contributed by atoms with E-state index >= 15 is 0 Å². The summed E-state index contributed by atoms with van der Waals surface area (Å²) in [5, 5.41) is 0.644. The summed E-state index contributed by atoms with van der Waals surface area (Å²) in [6.45, 7) is 8.08. The fraction of sp³-hybridized carbons (Fsp3) is 0.625. The molecule has 2 atom stereocenters. The molecule has 0 unspecified atom stereocenters. The molecule has 0 N–H and O–H groups in total. The van der Waals surface area contributed by atoms with Gasteiger partial charge in [0.15, 0.2) is 0 Å². The van der Waals surface area contributed by atoms with E-state index in [2.05, 4.69) is 13.8 Å². The molecule has 0 saturated carbocycles. The Balaban J connectivity index is 2.91. The summed E-state index contributed by atoms with van der Waals surface area (Å²) in [5.41, 5.74) is 0. The zero-order chi connectivity index (χ0) is 15.0. The highest BCUT2D eigenvalue weighted by atomic mass is 31.2. The van der Waals surface area contributed by atoms with Gasteiger partial charge in [0.2, 0.25) is 0 Å². The highest BCUT2D eigenvalue weighted by Crippen LogP contribution is 2.50. The first-order valence-electron chi connectivity index (χ1n) is 7.54. The molecule has 1 rings (SSSR count). The Kier molecular flexibility index (Phi) is 7.50. The van der Waals surface area contributed by atoms with Crippen LogP contribution in [-0.4, -0.2) is 12.2 Å². The molecule has 0 aromatic heterocycles. The summed E-state index contributed by atoms with van der Waals surface area (Å²) >= 11 is 0. The van der Waals surface area contributed by atoms with Crippen LogP contribution in [0.15, 0.2) is 30.3 Å². The zero-order valence-electron chi connectivity index (χ0n) is 13.0. The first kappa shape index (κ1) is 17.4. The lowest BCUT2D eigenvalue weighted by atomic mass is 10.2. The van der Waals surface area contributed by atoms with Gasteiger partial charge in [0.05, 0.1) is 17.5 Å². The number of benzene rings is 1. The van der Waals surface area contributed by atoms with Crippen LogP contribution in [0.2, 0.25) is 0 Å². The lowest BCUT2D eigenvalue weighted by molar-refractivity contribution is 0.125. The molecule has 1 aromatic carbocycles. The molecule has 0 heterocycles. The summed E-state index contributed by atoms with van der Waals surface area (Å²) in [4.78, 5) is 0. The minimum Gasteiger partial charge on any atom is -0.302 e. The van der Waals surface area contributed by atoms with E-state index in [0.29, 0.717) is 5.30 Å². The lowest BCUT2D eigenvalue weighted by Crippen LogP contribution is -2.19. The molecule has 0 amide bonds. The van der Waals surface area contributed by atoms with Crippen molar-refractivity contribution in [2.45, 2.75) is 65.6 Å². The van der Waals surface area contributed by atoms with Crippen molar-refractivity contribution in [3.8, 4) is 0 Å². The first-order chi connectivity index (χ1) is 9.51. The second kappa shape index (κ2) is 8.61. The van der Waals surface area contributed by atoms with Gasteiger partial charge >= 0.3 is 7.60 Å². The second-order valence-corrected chi connectivity index (χ2v) is 7.18. The van der Waals surface area contributed by atoms with Gasteiger partial charge in [0, 0.05) is 0 Å². The third-order valence-corrected chi connectivity index (χ3v) is 5.31. The maximum Gasteiger partial charge on any atom is 0.361 e. The average molecular weight is 298 g/mol. The highest BCUT2D eigenvalue weighted by Gasteiger charge is 2.31. The molecule has 0 bridgehead atoms. The van der Waals surface area contributed by atoms with Crippen molar-refractivity contribution in [2.75, 3.05) is 0 Å². The molecule has 0 aliphatic rings. The fourth-order valence-electron chi connectivity index (χ4n) is 2.15. The molecule has 0 aliphatic heterocycles. The first-order valence-corrected chi connectivity index (χ1v) is 9.08. The molecule has 0 saturated heterocycles. The molecule has 4 heteroatoms. The van der Waals surface area contributed by atoms with Crippen molar-refractivity contribution in [3.63, 3.8) is 0 Å². The van der Waals surface area contributed by atoms with Crippen LogP contribution in [0, 0.1) is 0 Å². The molecule has 20 heavy (non-hydrogen) atoms. The Morgan fingerprint density at radius 3 is 1.80 bits per heavy atom. The second-order valence-electron chi connectivity index (χ2n) is 5.24. The third kappa shape index (κ3) is 5.40. The van der Waals surface area contributed by atoms with Gasteiger partial charge < -0.3 is 9.05 Å². The standard InChI is InChI=1S/C16H27O3P/c1-5-10-14(3)18-20(17,19-15(4)11-6-2)16-12-8-7-9-13-16/h7-9,12-15H,5-6,10-11H2,1-4H3/t14-,15-/m1/s1. The Morgan fingerprint density at radius 2 is 1.40 bits per heavy atom. The molecule has 1 aromatic rings. The van der Waals surface area contributed by atoms with Crippen LogP contribution < -0.4 is 5.30 Å². The predicted octanol–water partition coefficient (Wildman–Crippen LogP) is 4.92. The molecular weight excluding hydrogens is 271 g/mol. The van der Waals surface area contributed by atoms with Gasteiger partial charge in [-0.3, -0.25) is 4.57 Å². The zero-order valence-corrected chi connectivity index (χ0v) is 13.9. The minimum absolute atomic E-state index is 0.0696. The van der Waals surface area contributed by atoms with Gasteiger partial charge in [0.1, 0.15) is 0 Å². The van der Waals surface area contributed by atoms with Crippen LogP contribution in [0.3, 0.4) is 0 Å². The van der Waals surface area contributed by atoms with E-state index in [9.17, 15) is 4.57 Å². The van der Waals surface area contributed by atoms with E-state index in [1.807, 2.05) is 44.2 Å². The molecule has 0 radical (unpaired) electrons. The molecule has 114 valence electrons. The maximum atomic E-state index is 13.1. The van der Waals surface area contributed by atoms with Crippen molar-refractivity contribution in [3.05, 3.63) is 30.3 Å². The normalized spacial score (nSPS) is 15.0. The van der Waals surface area contributed by atoms with Gasteiger partial charge in [0.25, 0.3) is 0 Å². The van der Waals surface area contributed by atoms with E-state index in [1.165, 1.54) is 0 Å². The molecule has 3 nitrogen and oxygen atoms in total. The summed E-state index contributed by atoms with van der Waals surface area (Å²) in [7, 11) is -3.24. The van der Waals surface area contributed by atoms with Gasteiger partial charge in [-0.05, 0) is 38.8 Å². The van der Waals surface area contributed by atoms with Gasteiger partial charge in [-0.2, -0.15) is 0 Å². The van der Waals surface area contributed by atoms with Crippen LogP contribution in [0.1, 0.15) is 53.4 Å². The van der Waals surface area contributed by atoms with Crippen LogP contribution >= 0.6 is 7.60 Å². The SMILES string of the molecule is CCC[C@@H](C)OP(=O)(O[C@H](C)CCC)c1ccccc1. The Bertz CT molecular complexity index is 401. The Labute approximate surface area is 123 Å². The highest BCUT2D eigenvalue weighted by molar-refractivity contribution is 7.62. The molecule has 0 fully saturated rings. The van der Waals surface area contributed by atoms with Crippen molar-refractivity contribution >= 4 is 12.9 Å².